The smallest absolute Gasteiger partial charge is 0.0699 e. The van der Waals surface area contributed by atoms with Gasteiger partial charge in [0.25, 0.3) is 0 Å². The summed E-state index contributed by atoms with van der Waals surface area (Å²) in [7, 11) is 1.04. The monoisotopic (exact) mass is 210 g/mol. The van der Waals surface area contributed by atoms with E-state index in [-0.39, 0.29) is 4.87 Å². The SMILES string of the molecule is C=CCC(C)(Cl)c1ccccc1[SiH3]. The largest absolute Gasteiger partial charge is 0.114 e. The van der Waals surface area contributed by atoms with Gasteiger partial charge >= 0.3 is 0 Å². The minimum absolute atomic E-state index is 0.278. The van der Waals surface area contributed by atoms with Gasteiger partial charge in [-0.05, 0) is 18.9 Å². The maximum Gasteiger partial charge on any atom is 0.0699 e. The predicted octanol–water partition coefficient (Wildman–Crippen LogP) is 1.71. The summed E-state index contributed by atoms with van der Waals surface area (Å²) in [4.78, 5) is -0.278. The molecule has 1 aromatic rings. The van der Waals surface area contributed by atoms with Crippen LogP contribution in [0.1, 0.15) is 18.9 Å². The molecule has 0 saturated carbocycles. The molecule has 0 N–H and O–H groups in total. The zero-order valence-electron chi connectivity index (χ0n) is 8.18. The lowest BCUT2D eigenvalue weighted by Gasteiger charge is -2.22. The summed E-state index contributed by atoms with van der Waals surface area (Å²) >= 11 is 6.42. The highest BCUT2D eigenvalue weighted by Crippen LogP contribution is 2.30. The van der Waals surface area contributed by atoms with Gasteiger partial charge in [-0.15, -0.1) is 18.2 Å². The van der Waals surface area contributed by atoms with Crippen LogP contribution in [-0.2, 0) is 4.87 Å². The van der Waals surface area contributed by atoms with E-state index in [0.717, 1.165) is 16.7 Å². The highest BCUT2D eigenvalue weighted by atomic mass is 35.5. The van der Waals surface area contributed by atoms with Gasteiger partial charge in [-0.25, -0.2) is 0 Å². The molecule has 0 radical (unpaired) electrons. The van der Waals surface area contributed by atoms with Crippen molar-refractivity contribution in [2.24, 2.45) is 0 Å². The summed E-state index contributed by atoms with van der Waals surface area (Å²) in [5.41, 5.74) is 1.25. The van der Waals surface area contributed by atoms with E-state index in [9.17, 15) is 0 Å². The molecule has 0 nitrogen and oxygen atoms in total. The summed E-state index contributed by atoms with van der Waals surface area (Å²) in [5, 5.41) is 1.38. The van der Waals surface area contributed by atoms with Crippen molar-refractivity contribution < 1.29 is 0 Å². The van der Waals surface area contributed by atoms with Crippen LogP contribution in [0.5, 0.6) is 0 Å². The Bertz CT molecular complexity index is 305. The van der Waals surface area contributed by atoms with Gasteiger partial charge in [-0.2, -0.15) is 0 Å². The molecule has 1 unspecified atom stereocenters. The molecule has 13 heavy (non-hydrogen) atoms. The molecule has 0 amide bonds. The average molecular weight is 211 g/mol. The van der Waals surface area contributed by atoms with E-state index in [0.29, 0.717) is 0 Å². The third-order valence-electron chi connectivity index (χ3n) is 2.23. The van der Waals surface area contributed by atoms with Crippen LogP contribution >= 0.6 is 11.6 Å². The quantitative estimate of drug-likeness (QED) is 0.405. The van der Waals surface area contributed by atoms with Gasteiger partial charge < -0.3 is 0 Å². The van der Waals surface area contributed by atoms with Crippen LogP contribution in [0.2, 0.25) is 0 Å². The van der Waals surface area contributed by atoms with Crippen molar-refractivity contribution in [2.75, 3.05) is 0 Å². The van der Waals surface area contributed by atoms with Gasteiger partial charge in [-0.3, -0.25) is 0 Å². The number of hydrogen-bond donors (Lipinski definition) is 0. The Hall–Kier alpha value is -0.533. The maximum atomic E-state index is 6.42. The second-order valence-corrected chi connectivity index (χ2v) is 5.42. The van der Waals surface area contributed by atoms with Crippen LogP contribution in [0, 0.1) is 0 Å². The number of rotatable bonds is 3. The third-order valence-corrected chi connectivity index (χ3v) is 3.46. The number of benzene rings is 1. The highest BCUT2D eigenvalue weighted by Gasteiger charge is 2.22. The minimum atomic E-state index is -0.278. The summed E-state index contributed by atoms with van der Waals surface area (Å²) in [6, 6.07) is 8.36. The average Bonchev–Trinajstić information content (AvgIpc) is 2.04. The number of hydrogen-bond acceptors (Lipinski definition) is 0. The fraction of sp³-hybridized carbons (Fsp3) is 0.273. The first-order valence-corrected chi connectivity index (χ1v) is 5.81. The standard InChI is InChI=1S/C11H15ClSi/c1-3-8-11(2,12)9-6-4-5-7-10(9)13/h3-7H,1,8H2,2,13H3. The van der Waals surface area contributed by atoms with Gasteiger partial charge in [0.2, 0.25) is 0 Å². The lowest BCUT2D eigenvalue weighted by molar-refractivity contribution is 0.696. The first kappa shape index (κ1) is 10.5. The predicted molar refractivity (Wildman–Crippen MR) is 64.0 cm³/mol. The molecular weight excluding hydrogens is 196 g/mol. The summed E-state index contributed by atoms with van der Waals surface area (Å²) < 4.78 is 0. The Kier molecular flexibility index (Phi) is 3.34. The van der Waals surface area contributed by atoms with Crippen molar-refractivity contribution in [1.29, 1.82) is 0 Å². The van der Waals surface area contributed by atoms with E-state index < -0.39 is 0 Å². The fourth-order valence-electron chi connectivity index (χ4n) is 1.54. The Balaban J connectivity index is 3.06. The molecular formula is C11H15ClSi. The lowest BCUT2D eigenvalue weighted by atomic mass is 9.97. The van der Waals surface area contributed by atoms with Crippen molar-refractivity contribution in [3.63, 3.8) is 0 Å². The highest BCUT2D eigenvalue weighted by molar-refractivity contribution is 6.35. The van der Waals surface area contributed by atoms with Gasteiger partial charge in [-0.1, -0.05) is 35.5 Å². The molecule has 70 valence electrons. The summed E-state index contributed by atoms with van der Waals surface area (Å²) in [6.45, 7) is 5.78. The molecule has 0 bridgehead atoms. The van der Waals surface area contributed by atoms with Crippen molar-refractivity contribution >= 4 is 27.0 Å². The van der Waals surface area contributed by atoms with E-state index in [1.54, 1.807) is 0 Å². The Labute approximate surface area is 88.0 Å². The molecule has 0 aliphatic heterocycles. The number of alkyl halides is 1. The second-order valence-electron chi connectivity index (χ2n) is 3.51. The fourth-order valence-corrected chi connectivity index (χ4v) is 2.93. The van der Waals surface area contributed by atoms with Gasteiger partial charge in [0.1, 0.15) is 0 Å². The van der Waals surface area contributed by atoms with Crippen molar-refractivity contribution in [2.45, 2.75) is 18.2 Å². The molecule has 1 atom stereocenters. The Morgan fingerprint density at radius 2 is 2.15 bits per heavy atom. The van der Waals surface area contributed by atoms with Gasteiger partial charge in [0.05, 0.1) is 4.87 Å². The molecule has 1 aromatic carbocycles. The number of allylic oxidation sites excluding steroid dienone is 1. The minimum Gasteiger partial charge on any atom is -0.114 e. The third kappa shape index (κ3) is 2.45. The number of halogens is 1. The summed E-state index contributed by atoms with van der Waals surface area (Å²) in [6.07, 6.45) is 2.69. The molecule has 2 heteroatoms. The summed E-state index contributed by atoms with van der Waals surface area (Å²) in [5.74, 6) is 0. The van der Waals surface area contributed by atoms with E-state index >= 15 is 0 Å². The zero-order valence-corrected chi connectivity index (χ0v) is 10.9. The first-order valence-electron chi connectivity index (χ1n) is 4.44. The van der Waals surface area contributed by atoms with Crippen LogP contribution in [0.25, 0.3) is 0 Å². The van der Waals surface area contributed by atoms with Crippen LogP contribution in [0.3, 0.4) is 0 Å². The zero-order chi connectivity index (χ0) is 9.90. The lowest BCUT2D eigenvalue weighted by Crippen LogP contribution is -2.22. The first-order chi connectivity index (χ1) is 6.08. The van der Waals surface area contributed by atoms with Gasteiger partial charge in [0, 0.05) is 10.2 Å². The van der Waals surface area contributed by atoms with E-state index in [1.165, 1.54) is 10.8 Å². The Morgan fingerprint density at radius 1 is 1.54 bits per heavy atom. The topological polar surface area (TPSA) is 0 Å². The molecule has 0 heterocycles. The molecule has 1 rings (SSSR count). The molecule has 0 fully saturated rings. The molecule has 0 aromatic heterocycles. The van der Waals surface area contributed by atoms with Crippen molar-refractivity contribution in [3.05, 3.63) is 42.5 Å². The van der Waals surface area contributed by atoms with Gasteiger partial charge in [0.15, 0.2) is 0 Å². The molecule has 0 aliphatic rings. The maximum absolute atomic E-state index is 6.42. The Morgan fingerprint density at radius 3 is 2.69 bits per heavy atom. The van der Waals surface area contributed by atoms with Crippen molar-refractivity contribution in [1.82, 2.24) is 0 Å². The van der Waals surface area contributed by atoms with E-state index in [1.807, 2.05) is 19.1 Å². The van der Waals surface area contributed by atoms with Crippen LogP contribution < -0.4 is 5.19 Å². The normalized spacial score (nSPS) is 15.2. The van der Waals surface area contributed by atoms with Crippen molar-refractivity contribution in [3.8, 4) is 0 Å². The van der Waals surface area contributed by atoms with Crippen LogP contribution in [0.15, 0.2) is 36.9 Å². The van der Waals surface area contributed by atoms with E-state index in [2.05, 4.69) is 24.8 Å². The second kappa shape index (κ2) is 4.12. The molecule has 0 spiro atoms. The van der Waals surface area contributed by atoms with Crippen LogP contribution in [-0.4, -0.2) is 10.2 Å². The molecule has 0 saturated heterocycles. The molecule has 0 aliphatic carbocycles. The van der Waals surface area contributed by atoms with E-state index in [4.69, 9.17) is 11.6 Å². The van der Waals surface area contributed by atoms with Crippen LogP contribution in [0.4, 0.5) is 0 Å².